The molecule has 0 bridgehead atoms. The molecule has 0 aromatic heterocycles. The van der Waals surface area contributed by atoms with E-state index in [0.717, 1.165) is 17.1 Å². The molecule has 23 heavy (non-hydrogen) atoms. The number of nitrogens with zero attached hydrogens (tertiary/aromatic N) is 1. The summed E-state index contributed by atoms with van der Waals surface area (Å²) in [7, 11) is 3.60. The first-order valence-electron chi connectivity index (χ1n) is 7.50. The van der Waals surface area contributed by atoms with Gasteiger partial charge in [-0.05, 0) is 44.0 Å². The minimum atomic E-state index is -0.728. The molecule has 0 radical (unpaired) electrons. The van der Waals surface area contributed by atoms with Crippen LogP contribution >= 0.6 is 21.6 Å². The van der Waals surface area contributed by atoms with Crippen LogP contribution in [0.3, 0.4) is 0 Å². The highest BCUT2D eigenvalue weighted by Crippen LogP contribution is 2.47. The normalized spacial score (nSPS) is 20.6. The van der Waals surface area contributed by atoms with E-state index in [1.807, 2.05) is 31.6 Å². The minimum absolute atomic E-state index is 0.140. The Bertz CT molecular complexity index is 585. The monoisotopic (exact) mass is 356 g/mol. The number of benzene rings is 1. The van der Waals surface area contributed by atoms with E-state index in [0.29, 0.717) is 13.0 Å². The number of rotatable bonds is 5. The molecular weight excluding hydrogens is 336 g/mol. The van der Waals surface area contributed by atoms with Crippen LogP contribution in [-0.2, 0) is 17.0 Å². The molecule has 2 heterocycles. The predicted octanol–water partition coefficient (Wildman–Crippen LogP) is 3.21. The molecule has 0 saturated heterocycles. The first-order chi connectivity index (χ1) is 10.8. The SMILES string of the molecule is CC(C)(C)NCC(O[N+](=O)[O-])C1Cc2cc3c(cc2O1)CSS3. The van der Waals surface area contributed by atoms with Crippen LogP contribution in [0.25, 0.3) is 0 Å². The van der Waals surface area contributed by atoms with Gasteiger partial charge in [0.2, 0.25) is 0 Å². The molecule has 126 valence electrons. The molecule has 2 unspecified atom stereocenters. The van der Waals surface area contributed by atoms with Crippen molar-refractivity contribution in [3.05, 3.63) is 33.4 Å². The van der Waals surface area contributed by atoms with Gasteiger partial charge in [0.05, 0.1) is 0 Å². The van der Waals surface area contributed by atoms with Crippen LogP contribution in [0.5, 0.6) is 5.75 Å². The molecule has 1 aromatic rings. The van der Waals surface area contributed by atoms with Gasteiger partial charge < -0.3 is 14.9 Å². The Labute approximate surface area is 143 Å². The van der Waals surface area contributed by atoms with Crippen molar-refractivity contribution in [2.45, 2.75) is 55.6 Å². The highest BCUT2D eigenvalue weighted by atomic mass is 33.1. The summed E-state index contributed by atoms with van der Waals surface area (Å²) < 4.78 is 5.97. The summed E-state index contributed by atoms with van der Waals surface area (Å²) in [5, 5.41) is 13.4. The van der Waals surface area contributed by atoms with Crippen LogP contribution in [0, 0.1) is 10.1 Å². The molecule has 2 aliphatic rings. The Morgan fingerprint density at radius 3 is 2.96 bits per heavy atom. The molecule has 2 atom stereocenters. The standard InChI is InChI=1S/C15H20N2O4S2/c1-15(2,3)16-7-13(21-17(18)19)12-4-9-6-14-10(8-22-23-14)5-11(9)20-12/h5-6,12-13,16H,4,7-8H2,1-3H3. The van der Waals surface area contributed by atoms with Crippen molar-refractivity contribution in [1.82, 2.24) is 5.32 Å². The molecule has 8 heteroatoms. The Morgan fingerprint density at radius 1 is 1.48 bits per heavy atom. The third-order valence-electron chi connectivity index (χ3n) is 3.78. The summed E-state index contributed by atoms with van der Waals surface area (Å²) in [5.41, 5.74) is 2.24. The zero-order chi connectivity index (χ0) is 16.6. The summed E-state index contributed by atoms with van der Waals surface area (Å²) in [4.78, 5) is 17.0. The molecular formula is C15H20N2O4S2. The van der Waals surface area contributed by atoms with Crippen molar-refractivity contribution in [2.75, 3.05) is 6.54 Å². The smallest absolute Gasteiger partial charge is 0.294 e. The van der Waals surface area contributed by atoms with Crippen molar-refractivity contribution in [3.8, 4) is 5.75 Å². The molecule has 0 spiro atoms. The molecule has 6 nitrogen and oxygen atoms in total. The summed E-state index contributed by atoms with van der Waals surface area (Å²) in [6.45, 7) is 6.41. The fraction of sp³-hybridized carbons (Fsp3) is 0.600. The first-order valence-corrected chi connectivity index (χ1v) is 9.82. The molecule has 0 saturated carbocycles. The largest absolute Gasteiger partial charge is 0.487 e. The minimum Gasteiger partial charge on any atom is -0.487 e. The zero-order valence-electron chi connectivity index (χ0n) is 13.3. The van der Waals surface area contributed by atoms with Gasteiger partial charge >= 0.3 is 0 Å². The van der Waals surface area contributed by atoms with Gasteiger partial charge in [-0.3, -0.25) is 0 Å². The average Bonchev–Trinajstić information content (AvgIpc) is 3.04. The molecule has 0 fully saturated rings. The number of ether oxygens (including phenoxy) is 1. The Kier molecular flexibility index (Phi) is 4.66. The first kappa shape index (κ1) is 16.7. The van der Waals surface area contributed by atoms with Crippen molar-refractivity contribution in [3.63, 3.8) is 0 Å². The van der Waals surface area contributed by atoms with Crippen LogP contribution in [0.2, 0.25) is 0 Å². The lowest BCUT2D eigenvalue weighted by Crippen LogP contribution is -2.47. The van der Waals surface area contributed by atoms with Crippen molar-refractivity contribution < 1.29 is 14.7 Å². The zero-order valence-corrected chi connectivity index (χ0v) is 15.0. The molecule has 2 aliphatic heterocycles. The third kappa shape index (κ3) is 4.05. The molecule has 1 N–H and O–H groups in total. The lowest BCUT2D eigenvalue weighted by molar-refractivity contribution is -0.769. The fourth-order valence-corrected chi connectivity index (χ4v) is 5.12. The van der Waals surface area contributed by atoms with Crippen LogP contribution in [0.1, 0.15) is 31.9 Å². The van der Waals surface area contributed by atoms with Gasteiger partial charge in [0.1, 0.15) is 11.9 Å². The Balaban J connectivity index is 1.72. The summed E-state index contributed by atoms with van der Waals surface area (Å²) >= 11 is 0. The molecule has 0 amide bonds. The van der Waals surface area contributed by atoms with Gasteiger partial charge in [-0.1, -0.05) is 21.6 Å². The summed E-state index contributed by atoms with van der Waals surface area (Å²) in [6.07, 6.45) is -0.336. The highest BCUT2D eigenvalue weighted by Gasteiger charge is 2.34. The van der Waals surface area contributed by atoms with Crippen molar-refractivity contribution in [1.29, 1.82) is 0 Å². The summed E-state index contributed by atoms with van der Waals surface area (Å²) in [5.74, 6) is 1.81. The van der Waals surface area contributed by atoms with Crippen LogP contribution in [0.4, 0.5) is 0 Å². The van der Waals surface area contributed by atoms with E-state index in [-0.39, 0.29) is 11.6 Å². The van der Waals surface area contributed by atoms with E-state index in [4.69, 9.17) is 9.57 Å². The van der Waals surface area contributed by atoms with E-state index < -0.39 is 11.2 Å². The average molecular weight is 356 g/mol. The quantitative estimate of drug-likeness (QED) is 0.493. The maximum Gasteiger partial charge on any atom is 0.294 e. The summed E-state index contributed by atoms with van der Waals surface area (Å²) in [6, 6.07) is 4.22. The second kappa shape index (κ2) is 6.41. The second-order valence-electron chi connectivity index (χ2n) is 6.77. The van der Waals surface area contributed by atoms with Gasteiger partial charge in [0, 0.05) is 29.2 Å². The lowest BCUT2D eigenvalue weighted by atomic mass is 10.0. The maximum atomic E-state index is 10.8. The van der Waals surface area contributed by atoms with Crippen LogP contribution in [-0.4, -0.2) is 29.4 Å². The number of nitrogens with one attached hydrogen (secondary N) is 1. The molecule has 3 rings (SSSR count). The van der Waals surface area contributed by atoms with Crippen molar-refractivity contribution >= 4 is 21.6 Å². The van der Waals surface area contributed by atoms with E-state index in [1.54, 1.807) is 10.8 Å². The Hall–Kier alpha value is -1.12. The van der Waals surface area contributed by atoms with Gasteiger partial charge in [-0.15, -0.1) is 10.1 Å². The van der Waals surface area contributed by atoms with Gasteiger partial charge in [0.15, 0.2) is 6.10 Å². The fourth-order valence-electron chi connectivity index (χ4n) is 2.64. The number of hydrogen-bond acceptors (Lipinski definition) is 7. The van der Waals surface area contributed by atoms with E-state index in [1.165, 1.54) is 10.5 Å². The molecule has 0 aliphatic carbocycles. The maximum absolute atomic E-state index is 10.8. The van der Waals surface area contributed by atoms with Gasteiger partial charge in [-0.2, -0.15) is 0 Å². The highest BCUT2D eigenvalue weighted by molar-refractivity contribution is 8.76. The molecule has 1 aromatic carbocycles. The lowest BCUT2D eigenvalue weighted by Gasteiger charge is -2.27. The Morgan fingerprint density at radius 2 is 2.26 bits per heavy atom. The number of hydrogen-bond donors (Lipinski definition) is 1. The number of fused-ring (bicyclic) bond motifs is 2. The second-order valence-corrected chi connectivity index (χ2v) is 9.11. The third-order valence-corrected chi connectivity index (χ3v) is 6.13. The van der Waals surface area contributed by atoms with E-state index in [2.05, 4.69) is 17.4 Å². The van der Waals surface area contributed by atoms with Crippen LogP contribution < -0.4 is 10.1 Å². The topological polar surface area (TPSA) is 73.6 Å². The van der Waals surface area contributed by atoms with E-state index in [9.17, 15) is 10.1 Å². The van der Waals surface area contributed by atoms with Crippen LogP contribution in [0.15, 0.2) is 17.0 Å². The van der Waals surface area contributed by atoms with Crippen molar-refractivity contribution in [2.24, 2.45) is 0 Å². The predicted molar refractivity (Wildman–Crippen MR) is 91.3 cm³/mol. The van der Waals surface area contributed by atoms with Gasteiger partial charge in [0.25, 0.3) is 5.09 Å². The van der Waals surface area contributed by atoms with E-state index >= 15 is 0 Å². The van der Waals surface area contributed by atoms with Gasteiger partial charge in [-0.25, -0.2) is 0 Å².